The SMILES string of the molecule is CC(C)n1cnc2c(N3CCCC3)nc(C3CCN(S(=O)(=O)C4CC4)CC3)cc21.O=C(O)C(F)(F)F. The predicted octanol–water partition coefficient (Wildman–Crippen LogP) is 3.92. The summed E-state index contributed by atoms with van der Waals surface area (Å²) in [6, 6.07) is 2.55. The van der Waals surface area contributed by atoms with Crippen LogP contribution in [0.1, 0.15) is 70.0 Å². The fourth-order valence-corrected chi connectivity index (χ4v) is 6.66. The van der Waals surface area contributed by atoms with E-state index in [1.165, 1.54) is 12.8 Å². The van der Waals surface area contributed by atoms with Gasteiger partial charge in [-0.05, 0) is 58.4 Å². The highest BCUT2D eigenvalue weighted by atomic mass is 32.2. The Balaban J connectivity index is 0.000000384. The highest BCUT2D eigenvalue weighted by molar-refractivity contribution is 7.90. The Bertz CT molecular complexity index is 1200. The Labute approximate surface area is 208 Å². The Morgan fingerprint density at radius 1 is 1.08 bits per heavy atom. The Hall–Kier alpha value is -2.41. The highest BCUT2D eigenvalue weighted by Gasteiger charge is 2.41. The lowest BCUT2D eigenvalue weighted by molar-refractivity contribution is -0.192. The molecule has 0 unspecified atom stereocenters. The van der Waals surface area contributed by atoms with E-state index in [2.05, 4.69) is 29.4 Å². The van der Waals surface area contributed by atoms with E-state index in [4.69, 9.17) is 19.9 Å². The summed E-state index contributed by atoms with van der Waals surface area (Å²) in [6.45, 7) is 7.67. The largest absolute Gasteiger partial charge is 0.490 e. The number of fused-ring (bicyclic) bond motifs is 1. The van der Waals surface area contributed by atoms with Gasteiger partial charge in [0.15, 0.2) is 5.82 Å². The van der Waals surface area contributed by atoms with E-state index in [-0.39, 0.29) is 5.25 Å². The van der Waals surface area contributed by atoms with Crippen LogP contribution in [0.25, 0.3) is 11.0 Å². The predicted molar refractivity (Wildman–Crippen MR) is 129 cm³/mol. The number of hydrogen-bond donors (Lipinski definition) is 1. The first-order chi connectivity index (χ1) is 16.9. The number of piperidine rings is 1. The minimum Gasteiger partial charge on any atom is -0.475 e. The highest BCUT2D eigenvalue weighted by Crippen LogP contribution is 2.37. The van der Waals surface area contributed by atoms with Crippen LogP contribution in [0.3, 0.4) is 0 Å². The van der Waals surface area contributed by atoms with Gasteiger partial charge in [-0.2, -0.15) is 13.2 Å². The van der Waals surface area contributed by atoms with Crippen LogP contribution in [0.2, 0.25) is 0 Å². The number of aliphatic carboxylic acids is 1. The summed E-state index contributed by atoms with van der Waals surface area (Å²) in [4.78, 5) is 21.1. The standard InChI is InChI=1S/C21H31N5O2S.C2HF3O2/c1-15(2)26-14-22-20-19(26)13-18(23-21(20)24-9-3-4-10-24)16-7-11-25(12-8-16)29(27,28)17-5-6-17;3-2(4,5)1(6)7/h13-17H,3-12H2,1-2H3;(H,6,7). The zero-order valence-electron chi connectivity index (χ0n) is 20.4. The average Bonchev–Trinajstić information content (AvgIpc) is 3.38. The first-order valence-corrected chi connectivity index (χ1v) is 13.8. The van der Waals surface area contributed by atoms with Crippen molar-refractivity contribution in [1.82, 2.24) is 18.8 Å². The number of carboxylic acid groups (broad SMARTS) is 1. The van der Waals surface area contributed by atoms with Crippen LogP contribution in [0.4, 0.5) is 19.0 Å². The molecular weight excluding hydrogens is 499 g/mol. The Morgan fingerprint density at radius 3 is 2.17 bits per heavy atom. The number of sulfonamides is 1. The molecule has 200 valence electrons. The van der Waals surface area contributed by atoms with Crippen LogP contribution in [-0.4, -0.2) is 75.9 Å². The average molecular weight is 532 g/mol. The first-order valence-electron chi connectivity index (χ1n) is 12.3. The molecule has 2 aromatic rings. The van der Waals surface area contributed by atoms with Gasteiger partial charge in [-0.1, -0.05) is 0 Å². The maximum Gasteiger partial charge on any atom is 0.490 e. The van der Waals surface area contributed by atoms with E-state index < -0.39 is 22.2 Å². The molecule has 3 aliphatic rings. The van der Waals surface area contributed by atoms with Crippen molar-refractivity contribution in [1.29, 1.82) is 0 Å². The van der Waals surface area contributed by atoms with E-state index in [1.54, 1.807) is 4.31 Å². The Kier molecular flexibility index (Phi) is 7.52. The third-order valence-electron chi connectivity index (χ3n) is 6.95. The van der Waals surface area contributed by atoms with Gasteiger partial charge in [0.05, 0.1) is 17.1 Å². The summed E-state index contributed by atoms with van der Waals surface area (Å²) in [5.41, 5.74) is 3.25. The fraction of sp³-hybridized carbons (Fsp3) is 0.696. The monoisotopic (exact) mass is 531 g/mol. The summed E-state index contributed by atoms with van der Waals surface area (Å²) in [5.74, 6) is -1.43. The van der Waals surface area contributed by atoms with Crippen molar-refractivity contribution in [3.63, 3.8) is 0 Å². The maximum atomic E-state index is 12.6. The third-order valence-corrected chi connectivity index (χ3v) is 9.34. The van der Waals surface area contributed by atoms with Crippen LogP contribution in [-0.2, 0) is 14.8 Å². The van der Waals surface area contributed by atoms with Gasteiger partial charge in [0.2, 0.25) is 10.0 Å². The van der Waals surface area contributed by atoms with Crippen molar-refractivity contribution in [2.75, 3.05) is 31.1 Å². The van der Waals surface area contributed by atoms with Crippen molar-refractivity contribution in [2.24, 2.45) is 0 Å². The molecule has 1 saturated carbocycles. The van der Waals surface area contributed by atoms with Gasteiger partial charge in [-0.15, -0.1) is 0 Å². The van der Waals surface area contributed by atoms with Crippen molar-refractivity contribution < 1.29 is 31.5 Å². The summed E-state index contributed by atoms with van der Waals surface area (Å²) in [5, 5.41) is 7.01. The van der Waals surface area contributed by atoms with Crippen LogP contribution in [0.15, 0.2) is 12.4 Å². The van der Waals surface area contributed by atoms with Gasteiger partial charge >= 0.3 is 12.1 Å². The van der Waals surface area contributed by atoms with E-state index in [0.29, 0.717) is 25.0 Å². The van der Waals surface area contributed by atoms with Crippen molar-refractivity contribution in [2.45, 2.75) is 75.8 Å². The summed E-state index contributed by atoms with van der Waals surface area (Å²) in [6.07, 6.45) is 2.62. The molecule has 0 radical (unpaired) electrons. The molecule has 0 atom stereocenters. The van der Waals surface area contributed by atoms with Gasteiger partial charge in [0.25, 0.3) is 0 Å². The van der Waals surface area contributed by atoms with Crippen LogP contribution >= 0.6 is 0 Å². The summed E-state index contributed by atoms with van der Waals surface area (Å²) >= 11 is 0. The number of nitrogens with zero attached hydrogens (tertiary/aromatic N) is 5. The molecular formula is C23H32F3N5O4S. The molecule has 13 heteroatoms. The molecule has 5 rings (SSSR count). The van der Waals surface area contributed by atoms with E-state index >= 15 is 0 Å². The lowest BCUT2D eigenvalue weighted by Gasteiger charge is -2.31. The minimum absolute atomic E-state index is 0.115. The number of hydrogen-bond acceptors (Lipinski definition) is 6. The van der Waals surface area contributed by atoms with E-state index in [1.807, 2.05) is 6.33 Å². The minimum atomic E-state index is -5.08. The molecule has 0 amide bonds. The fourth-order valence-electron chi connectivity index (χ4n) is 4.79. The maximum absolute atomic E-state index is 12.6. The lowest BCUT2D eigenvalue weighted by Crippen LogP contribution is -2.39. The molecule has 0 spiro atoms. The molecule has 4 heterocycles. The second-order valence-corrected chi connectivity index (χ2v) is 12.1. The van der Waals surface area contributed by atoms with E-state index in [0.717, 1.165) is 61.3 Å². The van der Waals surface area contributed by atoms with Crippen LogP contribution < -0.4 is 4.90 Å². The van der Waals surface area contributed by atoms with Crippen molar-refractivity contribution in [3.8, 4) is 0 Å². The number of rotatable bonds is 5. The zero-order valence-corrected chi connectivity index (χ0v) is 21.2. The van der Waals surface area contributed by atoms with Gasteiger partial charge in [-0.3, -0.25) is 0 Å². The quantitative estimate of drug-likeness (QED) is 0.623. The van der Waals surface area contributed by atoms with Crippen molar-refractivity contribution in [3.05, 3.63) is 18.1 Å². The number of aromatic nitrogens is 3. The van der Waals surface area contributed by atoms with E-state index in [9.17, 15) is 21.6 Å². The number of alkyl halides is 3. The number of anilines is 1. The molecule has 9 nitrogen and oxygen atoms in total. The molecule has 2 aromatic heterocycles. The van der Waals surface area contributed by atoms with Crippen LogP contribution in [0, 0.1) is 0 Å². The second kappa shape index (κ2) is 10.2. The van der Waals surface area contributed by atoms with Gasteiger partial charge in [0, 0.05) is 43.8 Å². The molecule has 3 fully saturated rings. The van der Waals surface area contributed by atoms with Gasteiger partial charge in [-0.25, -0.2) is 27.5 Å². The smallest absolute Gasteiger partial charge is 0.475 e. The molecule has 1 N–H and O–H groups in total. The molecule has 0 aromatic carbocycles. The third kappa shape index (κ3) is 5.61. The molecule has 36 heavy (non-hydrogen) atoms. The molecule has 2 aliphatic heterocycles. The summed E-state index contributed by atoms with van der Waals surface area (Å²) in [7, 11) is -3.07. The molecule has 1 aliphatic carbocycles. The van der Waals surface area contributed by atoms with Gasteiger partial charge < -0.3 is 14.6 Å². The molecule has 2 saturated heterocycles. The molecule has 0 bridgehead atoms. The topological polar surface area (TPSA) is 109 Å². The number of carbonyl (C=O) groups is 1. The van der Waals surface area contributed by atoms with Crippen LogP contribution in [0.5, 0.6) is 0 Å². The van der Waals surface area contributed by atoms with Gasteiger partial charge in [0.1, 0.15) is 5.52 Å². The second-order valence-electron chi connectivity index (χ2n) is 9.90. The number of carboxylic acids is 1. The Morgan fingerprint density at radius 2 is 1.67 bits per heavy atom. The normalized spacial score (nSPS) is 20.1. The lowest BCUT2D eigenvalue weighted by atomic mass is 9.94. The zero-order chi connectivity index (χ0) is 26.3. The summed E-state index contributed by atoms with van der Waals surface area (Å²) < 4.78 is 60.8. The van der Waals surface area contributed by atoms with Crippen molar-refractivity contribution >= 4 is 32.8 Å². The first kappa shape index (κ1) is 26.6. The number of imidazole rings is 1. The number of halogens is 3. The number of pyridine rings is 1.